The lowest BCUT2D eigenvalue weighted by Crippen LogP contribution is -2.33. The van der Waals surface area contributed by atoms with E-state index in [2.05, 4.69) is 4.90 Å². The summed E-state index contributed by atoms with van der Waals surface area (Å²) in [5, 5.41) is 0. The van der Waals surface area contributed by atoms with Crippen molar-refractivity contribution in [1.29, 1.82) is 0 Å². The monoisotopic (exact) mass is 207 g/mol. The summed E-state index contributed by atoms with van der Waals surface area (Å²) in [4.78, 5) is 13.9. The molecule has 0 N–H and O–H groups in total. The highest BCUT2D eigenvalue weighted by Gasteiger charge is 2.22. The van der Waals surface area contributed by atoms with Crippen LogP contribution in [0.4, 0.5) is 0 Å². The van der Waals surface area contributed by atoms with Crippen molar-refractivity contribution in [3.8, 4) is 0 Å². The Morgan fingerprint density at radius 3 is 2.87 bits per heavy atom. The SMILES string of the molecule is CN(CC(=O)c1ccco1)C1CCCC1. The van der Waals surface area contributed by atoms with Crippen LogP contribution in [-0.4, -0.2) is 30.3 Å². The first-order valence-corrected chi connectivity index (χ1v) is 5.54. The van der Waals surface area contributed by atoms with Gasteiger partial charge < -0.3 is 4.42 Å². The molecule has 0 saturated heterocycles. The van der Waals surface area contributed by atoms with E-state index in [1.165, 1.54) is 25.7 Å². The molecule has 15 heavy (non-hydrogen) atoms. The van der Waals surface area contributed by atoms with E-state index in [9.17, 15) is 4.79 Å². The topological polar surface area (TPSA) is 33.5 Å². The van der Waals surface area contributed by atoms with Crippen LogP contribution in [-0.2, 0) is 0 Å². The van der Waals surface area contributed by atoms with Crippen LogP contribution >= 0.6 is 0 Å². The minimum Gasteiger partial charge on any atom is -0.461 e. The van der Waals surface area contributed by atoms with Gasteiger partial charge in [0.15, 0.2) is 5.76 Å². The molecule has 2 rings (SSSR count). The number of nitrogens with zero attached hydrogens (tertiary/aromatic N) is 1. The van der Waals surface area contributed by atoms with Crippen molar-refractivity contribution in [1.82, 2.24) is 4.90 Å². The van der Waals surface area contributed by atoms with E-state index in [1.54, 1.807) is 18.4 Å². The number of Topliss-reactive ketones (excluding diaryl/α,β-unsaturated/α-hetero) is 1. The molecule has 1 fully saturated rings. The lowest BCUT2D eigenvalue weighted by atomic mass is 10.2. The van der Waals surface area contributed by atoms with E-state index >= 15 is 0 Å². The van der Waals surface area contributed by atoms with Crippen molar-refractivity contribution >= 4 is 5.78 Å². The van der Waals surface area contributed by atoms with Crippen LogP contribution in [0.2, 0.25) is 0 Å². The number of likely N-dealkylation sites (N-methyl/N-ethyl adjacent to an activating group) is 1. The Morgan fingerprint density at radius 2 is 2.27 bits per heavy atom. The van der Waals surface area contributed by atoms with Crippen LogP contribution in [0.5, 0.6) is 0 Å². The maximum Gasteiger partial charge on any atom is 0.211 e. The summed E-state index contributed by atoms with van der Waals surface area (Å²) in [6.07, 6.45) is 6.58. The molecule has 1 aliphatic carbocycles. The molecule has 0 amide bonds. The molecule has 0 aromatic carbocycles. The Bertz CT molecular complexity index is 312. The molecule has 0 bridgehead atoms. The zero-order chi connectivity index (χ0) is 10.7. The minimum absolute atomic E-state index is 0.0781. The van der Waals surface area contributed by atoms with Gasteiger partial charge in [-0.05, 0) is 32.0 Å². The van der Waals surface area contributed by atoms with Gasteiger partial charge in [0.05, 0.1) is 12.8 Å². The minimum atomic E-state index is 0.0781. The normalized spacial score (nSPS) is 17.5. The summed E-state index contributed by atoms with van der Waals surface area (Å²) in [6, 6.07) is 4.07. The molecule has 1 saturated carbocycles. The number of hydrogen-bond donors (Lipinski definition) is 0. The number of furan rings is 1. The number of hydrogen-bond acceptors (Lipinski definition) is 3. The van der Waals surface area contributed by atoms with Crippen LogP contribution in [0.15, 0.2) is 22.8 Å². The van der Waals surface area contributed by atoms with Crippen molar-refractivity contribution in [2.75, 3.05) is 13.6 Å². The van der Waals surface area contributed by atoms with Gasteiger partial charge in [-0.15, -0.1) is 0 Å². The predicted octanol–water partition coefficient (Wildman–Crippen LogP) is 2.34. The largest absolute Gasteiger partial charge is 0.461 e. The van der Waals surface area contributed by atoms with Crippen LogP contribution in [0, 0.1) is 0 Å². The molecular formula is C12H17NO2. The molecule has 1 aromatic heterocycles. The molecule has 1 heterocycles. The number of ketones is 1. The standard InChI is InChI=1S/C12H17NO2/c1-13(10-5-2-3-6-10)9-11(14)12-7-4-8-15-12/h4,7-8,10H,2-3,5-6,9H2,1H3. The quantitative estimate of drug-likeness (QED) is 0.710. The fourth-order valence-corrected chi connectivity index (χ4v) is 2.22. The van der Waals surface area contributed by atoms with E-state index < -0.39 is 0 Å². The van der Waals surface area contributed by atoms with Gasteiger partial charge in [0.25, 0.3) is 0 Å². The van der Waals surface area contributed by atoms with Crippen LogP contribution in [0.1, 0.15) is 36.2 Å². The molecule has 0 atom stereocenters. The van der Waals surface area contributed by atoms with Crippen LogP contribution in [0.3, 0.4) is 0 Å². The average molecular weight is 207 g/mol. The highest BCUT2D eigenvalue weighted by atomic mass is 16.3. The summed E-state index contributed by atoms with van der Waals surface area (Å²) in [5.41, 5.74) is 0. The average Bonchev–Trinajstić information content (AvgIpc) is 2.91. The zero-order valence-electron chi connectivity index (χ0n) is 9.11. The Kier molecular flexibility index (Phi) is 3.21. The molecule has 3 nitrogen and oxygen atoms in total. The molecule has 1 aliphatic rings. The fourth-order valence-electron chi connectivity index (χ4n) is 2.22. The molecule has 0 radical (unpaired) electrons. The van der Waals surface area contributed by atoms with Gasteiger partial charge in [-0.1, -0.05) is 12.8 Å². The lowest BCUT2D eigenvalue weighted by molar-refractivity contribution is 0.0893. The van der Waals surface area contributed by atoms with E-state index in [0.29, 0.717) is 18.3 Å². The first kappa shape index (κ1) is 10.4. The summed E-state index contributed by atoms with van der Waals surface area (Å²) >= 11 is 0. The van der Waals surface area contributed by atoms with E-state index in [0.717, 1.165) is 0 Å². The van der Waals surface area contributed by atoms with Crippen molar-refractivity contribution in [3.05, 3.63) is 24.2 Å². The predicted molar refractivity (Wildman–Crippen MR) is 57.9 cm³/mol. The fraction of sp³-hybridized carbons (Fsp3) is 0.583. The second-order valence-electron chi connectivity index (χ2n) is 4.25. The maximum absolute atomic E-state index is 11.7. The zero-order valence-corrected chi connectivity index (χ0v) is 9.11. The summed E-state index contributed by atoms with van der Waals surface area (Å²) < 4.78 is 5.08. The van der Waals surface area contributed by atoms with Gasteiger partial charge in [-0.25, -0.2) is 0 Å². The summed E-state index contributed by atoms with van der Waals surface area (Å²) in [5.74, 6) is 0.550. The third-order valence-corrected chi connectivity index (χ3v) is 3.14. The first-order chi connectivity index (χ1) is 7.27. The van der Waals surface area contributed by atoms with Crippen LogP contribution in [0.25, 0.3) is 0 Å². The van der Waals surface area contributed by atoms with Gasteiger partial charge in [-0.2, -0.15) is 0 Å². The molecule has 0 spiro atoms. The molecule has 0 unspecified atom stereocenters. The van der Waals surface area contributed by atoms with Gasteiger partial charge in [0.2, 0.25) is 5.78 Å². The van der Waals surface area contributed by atoms with Crippen molar-refractivity contribution in [2.45, 2.75) is 31.7 Å². The van der Waals surface area contributed by atoms with E-state index in [4.69, 9.17) is 4.42 Å². The van der Waals surface area contributed by atoms with Crippen LogP contribution < -0.4 is 0 Å². The Balaban J connectivity index is 1.88. The highest BCUT2D eigenvalue weighted by Crippen LogP contribution is 2.22. The van der Waals surface area contributed by atoms with Gasteiger partial charge >= 0.3 is 0 Å². The lowest BCUT2D eigenvalue weighted by Gasteiger charge is -2.22. The molecule has 3 heteroatoms. The van der Waals surface area contributed by atoms with E-state index in [-0.39, 0.29) is 5.78 Å². The van der Waals surface area contributed by atoms with E-state index in [1.807, 2.05) is 7.05 Å². The molecule has 1 aromatic rings. The molecule has 0 aliphatic heterocycles. The maximum atomic E-state index is 11.7. The van der Waals surface area contributed by atoms with Gasteiger partial charge in [0.1, 0.15) is 0 Å². The van der Waals surface area contributed by atoms with Crippen molar-refractivity contribution in [3.63, 3.8) is 0 Å². The number of carbonyl (C=O) groups excluding carboxylic acids is 1. The third-order valence-electron chi connectivity index (χ3n) is 3.14. The second-order valence-corrected chi connectivity index (χ2v) is 4.25. The van der Waals surface area contributed by atoms with Crippen molar-refractivity contribution in [2.24, 2.45) is 0 Å². The van der Waals surface area contributed by atoms with Gasteiger partial charge in [-0.3, -0.25) is 9.69 Å². The Hall–Kier alpha value is -1.09. The summed E-state index contributed by atoms with van der Waals surface area (Å²) in [6.45, 7) is 0.470. The Morgan fingerprint density at radius 1 is 1.53 bits per heavy atom. The first-order valence-electron chi connectivity index (χ1n) is 5.54. The third kappa shape index (κ3) is 2.48. The Labute approximate surface area is 90.1 Å². The summed E-state index contributed by atoms with van der Waals surface area (Å²) in [7, 11) is 2.02. The molecular weight excluding hydrogens is 190 g/mol. The van der Waals surface area contributed by atoms with Gasteiger partial charge in [0, 0.05) is 6.04 Å². The second kappa shape index (κ2) is 4.62. The number of carbonyl (C=O) groups is 1. The molecule has 82 valence electrons. The van der Waals surface area contributed by atoms with Crippen molar-refractivity contribution < 1.29 is 9.21 Å². The highest BCUT2D eigenvalue weighted by molar-refractivity contribution is 5.94. The number of rotatable bonds is 4. The smallest absolute Gasteiger partial charge is 0.211 e.